The number of rotatable bonds is 12. The molecule has 18 nitrogen and oxygen atoms in total. The zero-order chi connectivity index (χ0) is 34.0. The average Bonchev–Trinajstić information content (AvgIpc) is 2.90. The minimum absolute atomic E-state index is 0.504. The van der Waals surface area contributed by atoms with Crippen LogP contribution < -0.4 is 0 Å². The van der Waals surface area contributed by atoms with Crippen LogP contribution in [0.5, 0.6) is 0 Å². The number of esters is 7. The maximum absolute atomic E-state index is 12.2. The summed E-state index contributed by atoms with van der Waals surface area (Å²) >= 11 is 0. The number of ether oxygens (including phenoxy) is 11. The van der Waals surface area contributed by atoms with Crippen molar-refractivity contribution in [2.45, 2.75) is 110 Å². The fourth-order valence-corrected chi connectivity index (χ4v) is 4.66. The molecule has 254 valence electrons. The van der Waals surface area contributed by atoms with Gasteiger partial charge in [0.05, 0.1) is 0 Å². The van der Waals surface area contributed by atoms with Gasteiger partial charge in [0.1, 0.15) is 31.5 Å². The van der Waals surface area contributed by atoms with Crippen molar-refractivity contribution in [3.05, 3.63) is 0 Å². The van der Waals surface area contributed by atoms with Crippen molar-refractivity contribution in [1.29, 1.82) is 0 Å². The van der Waals surface area contributed by atoms with Gasteiger partial charge >= 0.3 is 41.8 Å². The molecule has 0 N–H and O–H groups in total. The third-order valence-corrected chi connectivity index (χ3v) is 6.12. The van der Waals surface area contributed by atoms with Crippen LogP contribution in [0.25, 0.3) is 0 Å². The lowest BCUT2D eigenvalue weighted by Gasteiger charge is -2.48. The van der Waals surface area contributed by atoms with Gasteiger partial charge in [0.15, 0.2) is 43.1 Å². The second kappa shape index (κ2) is 17.0. The van der Waals surface area contributed by atoms with E-state index in [0.717, 1.165) is 48.5 Å². The Morgan fingerprint density at radius 1 is 0.444 bits per heavy atom. The summed E-state index contributed by atoms with van der Waals surface area (Å²) in [7, 11) is 1.22. The minimum Gasteiger partial charge on any atom is -0.463 e. The van der Waals surface area contributed by atoms with E-state index < -0.39 is 116 Å². The fourth-order valence-electron chi connectivity index (χ4n) is 4.66. The molecule has 0 aromatic rings. The predicted molar refractivity (Wildman–Crippen MR) is 140 cm³/mol. The molecule has 18 heteroatoms. The molecular formula is C27H38O18. The van der Waals surface area contributed by atoms with Crippen LogP contribution in [0.15, 0.2) is 0 Å². The SMILES string of the molecule is CO[C@@H]1O[C@H](COC(C)=O)C(O[C@H]2O[C@@H](COC(C)=O)[C@@H](OC(C)=O)[C@H](OC(C)=O)[C@H]2OC(C)=O)[C@H](OC(C)=O)[C@H]1OC(C)=O. The lowest BCUT2D eigenvalue weighted by Crippen LogP contribution is -2.67. The molecule has 2 saturated heterocycles. The summed E-state index contributed by atoms with van der Waals surface area (Å²) in [6.45, 7) is 6.44. The predicted octanol–water partition coefficient (Wildman–Crippen LogP) is -0.747. The molecule has 45 heavy (non-hydrogen) atoms. The first kappa shape index (κ1) is 37.3. The van der Waals surface area contributed by atoms with E-state index in [-0.39, 0.29) is 0 Å². The first-order valence-electron chi connectivity index (χ1n) is 13.7. The number of carbonyl (C=O) groups is 7. The Labute approximate surface area is 258 Å². The molecule has 0 aliphatic carbocycles. The normalized spacial score (nSPS) is 31.0. The van der Waals surface area contributed by atoms with Crippen molar-refractivity contribution in [2.75, 3.05) is 20.3 Å². The Morgan fingerprint density at radius 3 is 1.18 bits per heavy atom. The Morgan fingerprint density at radius 2 is 0.778 bits per heavy atom. The number of hydrogen-bond acceptors (Lipinski definition) is 18. The second-order valence-corrected chi connectivity index (χ2v) is 9.90. The van der Waals surface area contributed by atoms with Crippen LogP contribution in [-0.2, 0) is 85.7 Å². The summed E-state index contributed by atoms with van der Waals surface area (Å²) < 4.78 is 60.6. The molecular weight excluding hydrogens is 612 g/mol. The molecule has 0 spiro atoms. The highest BCUT2D eigenvalue weighted by Crippen LogP contribution is 2.35. The van der Waals surface area contributed by atoms with E-state index in [9.17, 15) is 33.6 Å². The summed E-state index contributed by atoms with van der Waals surface area (Å²) in [5.74, 6) is -5.76. The van der Waals surface area contributed by atoms with Crippen LogP contribution in [0.3, 0.4) is 0 Å². The smallest absolute Gasteiger partial charge is 0.303 e. The largest absolute Gasteiger partial charge is 0.463 e. The molecule has 2 fully saturated rings. The Kier molecular flexibility index (Phi) is 14.1. The highest BCUT2D eigenvalue weighted by atomic mass is 16.8. The molecule has 0 saturated carbocycles. The van der Waals surface area contributed by atoms with Gasteiger partial charge in [0, 0.05) is 55.6 Å². The number of carbonyl (C=O) groups excluding carboxylic acids is 7. The summed E-state index contributed by atoms with van der Waals surface area (Å²) in [6, 6.07) is 0. The van der Waals surface area contributed by atoms with Crippen molar-refractivity contribution >= 4 is 41.8 Å². The topological polar surface area (TPSA) is 221 Å². The van der Waals surface area contributed by atoms with E-state index in [1.165, 1.54) is 7.11 Å². The molecule has 2 rings (SSSR count). The van der Waals surface area contributed by atoms with Crippen LogP contribution >= 0.6 is 0 Å². The molecule has 0 bridgehead atoms. The van der Waals surface area contributed by atoms with Gasteiger partial charge in [0.2, 0.25) is 0 Å². The van der Waals surface area contributed by atoms with E-state index in [0.29, 0.717) is 0 Å². The van der Waals surface area contributed by atoms with Gasteiger partial charge in [-0.1, -0.05) is 0 Å². The van der Waals surface area contributed by atoms with E-state index in [4.69, 9.17) is 52.1 Å². The second-order valence-electron chi connectivity index (χ2n) is 9.90. The lowest BCUT2D eigenvalue weighted by molar-refractivity contribution is -0.359. The van der Waals surface area contributed by atoms with Crippen LogP contribution in [0.4, 0.5) is 0 Å². The quantitative estimate of drug-likeness (QED) is 0.187. The summed E-state index contributed by atoms with van der Waals surface area (Å²) in [6.07, 6.45) is -15.0. The van der Waals surface area contributed by atoms with Crippen molar-refractivity contribution < 1.29 is 85.7 Å². The van der Waals surface area contributed by atoms with Crippen LogP contribution in [0.1, 0.15) is 48.5 Å². The van der Waals surface area contributed by atoms with E-state index in [1.807, 2.05) is 0 Å². The summed E-state index contributed by atoms with van der Waals surface area (Å²) in [5, 5.41) is 0. The Balaban J connectivity index is 2.69. The monoisotopic (exact) mass is 650 g/mol. The number of methoxy groups -OCH3 is 1. The summed E-state index contributed by atoms with van der Waals surface area (Å²) in [4.78, 5) is 84.0. The molecule has 2 heterocycles. The molecule has 10 atom stereocenters. The van der Waals surface area contributed by atoms with Crippen molar-refractivity contribution in [2.24, 2.45) is 0 Å². The van der Waals surface area contributed by atoms with Crippen molar-refractivity contribution in [3.8, 4) is 0 Å². The van der Waals surface area contributed by atoms with Crippen molar-refractivity contribution in [1.82, 2.24) is 0 Å². The van der Waals surface area contributed by atoms with Crippen LogP contribution in [0, 0.1) is 0 Å². The molecule has 2 aliphatic rings. The highest BCUT2D eigenvalue weighted by molar-refractivity contribution is 5.69. The van der Waals surface area contributed by atoms with E-state index >= 15 is 0 Å². The average molecular weight is 651 g/mol. The maximum atomic E-state index is 12.2. The lowest BCUT2D eigenvalue weighted by atomic mass is 9.96. The molecule has 0 aromatic heterocycles. The van der Waals surface area contributed by atoms with Gasteiger partial charge in [-0.3, -0.25) is 33.6 Å². The highest BCUT2D eigenvalue weighted by Gasteiger charge is 2.57. The van der Waals surface area contributed by atoms with Crippen LogP contribution in [-0.4, -0.2) is 124 Å². The Bertz CT molecular complexity index is 1110. The first-order chi connectivity index (χ1) is 21.0. The van der Waals surface area contributed by atoms with E-state index in [1.54, 1.807) is 0 Å². The van der Waals surface area contributed by atoms with E-state index in [2.05, 4.69) is 0 Å². The third kappa shape index (κ3) is 11.2. The maximum Gasteiger partial charge on any atom is 0.303 e. The standard InChI is InChI=1S/C27H38O18/c1-11(28)36-9-18-20(38-13(3)30)22(39-14(4)31)25(42-17(7)34)27(44-18)45-21-19(10-37-12(2)29)43-26(35-8)24(41-16(6)33)23(21)40-15(5)32/h18-27H,9-10H2,1-8H3/t18-,19+,20+,21?,22-,23-,24+,25+,26+,27+/m0/s1. The summed E-state index contributed by atoms with van der Waals surface area (Å²) in [5.41, 5.74) is 0. The molecule has 2 aliphatic heterocycles. The van der Waals surface area contributed by atoms with Gasteiger partial charge in [0.25, 0.3) is 0 Å². The molecule has 1 unspecified atom stereocenters. The first-order valence-corrected chi connectivity index (χ1v) is 13.7. The van der Waals surface area contributed by atoms with Crippen molar-refractivity contribution in [3.63, 3.8) is 0 Å². The Hall–Kier alpha value is -3.87. The number of hydrogen-bond donors (Lipinski definition) is 0. The van der Waals surface area contributed by atoms with Gasteiger partial charge in [-0.05, 0) is 0 Å². The van der Waals surface area contributed by atoms with Crippen LogP contribution in [0.2, 0.25) is 0 Å². The zero-order valence-corrected chi connectivity index (χ0v) is 26.0. The molecule has 0 aromatic carbocycles. The zero-order valence-electron chi connectivity index (χ0n) is 26.0. The fraction of sp³-hybridized carbons (Fsp3) is 0.741. The van der Waals surface area contributed by atoms with Gasteiger partial charge in [-0.25, -0.2) is 0 Å². The molecule has 0 radical (unpaired) electrons. The molecule has 0 amide bonds. The minimum atomic E-state index is -1.76. The van der Waals surface area contributed by atoms with Gasteiger partial charge < -0.3 is 52.1 Å². The van der Waals surface area contributed by atoms with Gasteiger partial charge in [-0.2, -0.15) is 0 Å². The van der Waals surface area contributed by atoms with Gasteiger partial charge in [-0.15, -0.1) is 0 Å². The third-order valence-electron chi connectivity index (χ3n) is 6.12.